The third-order valence-electron chi connectivity index (χ3n) is 0.581. The summed E-state index contributed by atoms with van der Waals surface area (Å²) < 4.78 is 0.530. The van der Waals surface area contributed by atoms with E-state index in [9.17, 15) is 0 Å². The summed E-state index contributed by atoms with van der Waals surface area (Å²) >= 11 is 4.65. The molecule has 0 saturated heterocycles. The molecule has 1 N–H and O–H groups in total. The average molecular weight is 176 g/mol. The Bertz CT molecular complexity index is 180. The van der Waals surface area contributed by atoms with Gasteiger partial charge in [0.25, 0.3) is 0 Å². The second kappa shape index (κ2) is 3.78. The molecule has 0 fully saturated rings. The summed E-state index contributed by atoms with van der Waals surface area (Å²) in [5, 5.41) is 0. The minimum atomic E-state index is 0. The fraction of sp³-hybridized carbons (Fsp3) is 0. The van der Waals surface area contributed by atoms with E-state index in [0.29, 0.717) is 4.77 Å². The summed E-state index contributed by atoms with van der Waals surface area (Å²) in [6.45, 7) is 0. The van der Waals surface area contributed by atoms with Gasteiger partial charge in [-0.2, -0.15) is 0 Å². The zero-order valence-corrected chi connectivity index (χ0v) is 5.65. The summed E-state index contributed by atoms with van der Waals surface area (Å²) in [5.74, 6) is 0. The van der Waals surface area contributed by atoms with E-state index in [1.807, 2.05) is 0 Å². The van der Waals surface area contributed by atoms with Crippen molar-refractivity contribution < 1.29 is 17.1 Å². The first-order valence-electron chi connectivity index (χ1n) is 1.89. The number of nitrogens with one attached hydrogen (secondary N) is 1. The summed E-state index contributed by atoms with van der Waals surface area (Å²) in [6.07, 6.45) is 3.40. The van der Waals surface area contributed by atoms with Gasteiger partial charge in [0.2, 0.25) is 0 Å². The summed E-state index contributed by atoms with van der Waals surface area (Å²) in [4.78, 5) is 6.47. The number of nitrogens with zero attached hydrogens (tertiary/aromatic N) is 1. The molecule has 0 aromatic carbocycles. The molecule has 0 atom stereocenters. The SMILES string of the molecule is S=c1nccc[nH]1.[Cu]. The maximum absolute atomic E-state index is 4.65. The van der Waals surface area contributed by atoms with Gasteiger partial charge in [-0.05, 0) is 18.3 Å². The van der Waals surface area contributed by atoms with E-state index < -0.39 is 0 Å². The van der Waals surface area contributed by atoms with Crippen LogP contribution < -0.4 is 0 Å². The molecular formula is C4H4CuN2S. The van der Waals surface area contributed by atoms with E-state index in [0.717, 1.165) is 0 Å². The molecule has 0 unspecified atom stereocenters. The van der Waals surface area contributed by atoms with Crippen LogP contribution >= 0.6 is 12.2 Å². The number of hydrogen-bond acceptors (Lipinski definition) is 2. The van der Waals surface area contributed by atoms with Gasteiger partial charge >= 0.3 is 0 Å². The topological polar surface area (TPSA) is 28.7 Å². The smallest absolute Gasteiger partial charge is 0.196 e. The summed E-state index contributed by atoms with van der Waals surface area (Å²) in [7, 11) is 0. The van der Waals surface area contributed by atoms with Crippen molar-refractivity contribution in [2.24, 2.45) is 0 Å². The first kappa shape index (κ1) is 7.82. The Kier molecular flexibility index (Phi) is 3.69. The van der Waals surface area contributed by atoms with Crippen LogP contribution in [0.15, 0.2) is 18.5 Å². The zero-order chi connectivity index (χ0) is 5.11. The van der Waals surface area contributed by atoms with E-state index in [-0.39, 0.29) is 17.1 Å². The van der Waals surface area contributed by atoms with Gasteiger partial charge in [-0.25, -0.2) is 4.98 Å². The first-order valence-corrected chi connectivity index (χ1v) is 2.30. The van der Waals surface area contributed by atoms with E-state index >= 15 is 0 Å². The van der Waals surface area contributed by atoms with Crippen molar-refractivity contribution in [2.45, 2.75) is 0 Å². The van der Waals surface area contributed by atoms with Crippen molar-refractivity contribution >= 4 is 12.2 Å². The molecule has 0 aliphatic heterocycles. The van der Waals surface area contributed by atoms with Gasteiger partial charge in [0.05, 0.1) is 0 Å². The van der Waals surface area contributed by atoms with E-state index in [4.69, 9.17) is 0 Å². The monoisotopic (exact) mass is 175 g/mol. The van der Waals surface area contributed by atoms with E-state index in [1.165, 1.54) is 0 Å². The Hall–Kier alpha value is -0.181. The predicted octanol–water partition coefficient (Wildman–Crippen LogP) is 1.14. The van der Waals surface area contributed by atoms with Gasteiger partial charge in [-0.3, -0.25) is 0 Å². The van der Waals surface area contributed by atoms with Crippen molar-refractivity contribution in [3.05, 3.63) is 23.2 Å². The molecule has 0 spiro atoms. The third-order valence-corrected chi connectivity index (χ3v) is 0.804. The van der Waals surface area contributed by atoms with Crippen LogP contribution in [0, 0.1) is 4.77 Å². The fourth-order valence-corrected chi connectivity index (χ4v) is 0.439. The van der Waals surface area contributed by atoms with Crippen LogP contribution in [0.3, 0.4) is 0 Å². The molecule has 1 heterocycles. The molecule has 1 radical (unpaired) electrons. The Morgan fingerprint density at radius 2 is 2.38 bits per heavy atom. The first-order chi connectivity index (χ1) is 3.39. The molecule has 1 aromatic heterocycles. The van der Waals surface area contributed by atoms with Crippen LogP contribution in [0.4, 0.5) is 0 Å². The minimum Gasteiger partial charge on any atom is -0.337 e. The number of aromatic nitrogens is 2. The molecule has 1 aromatic rings. The molecular weight excluding hydrogens is 172 g/mol. The second-order valence-corrected chi connectivity index (χ2v) is 1.47. The molecule has 1 rings (SSSR count). The van der Waals surface area contributed by atoms with Gasteiger partial charge in [0.1, 0.15) is 0 Å². The Morgan fingerprint density at radius 1 is 1.62 bits per heavy atom. The number of rotatable bonds is 0. The Labute approximate surface area is 62.8 Å². The van der Waals surface area contributed by atoms with Crippen LogP contribution in [0.1, 0.15) is 0 Å². The van der Waals surface area contributed by atoms with Crippen LogP contribution in [0.2, 0.25) is 0 Å². The van der Waals surface area contributed by atoms with Crippen LogP contribution in [-0.2, 0) is 17.1 Å². The quantitative estimate of drug-likeness (QED) is 0.473. The normalized spacial score (nSPS) is 7.50. The maximum Gasteiger partial charge on any atom is 0.196 e. The van der Waals surface area contributed by atoms with Crippen molar-refractivity contribution in [3.8, 4) is 0 Å². The fourth-order valence-electron chi connectivity index (χ4n) is 0.310. The number of H-pyrrole nitrogens is 1. The largest absolute Gasteiger partial charge is 0.337 e. The standard InChI is InChI=1S/C4H4N2S.Cu/c7-4-5-2-1-3-6-4;/h1-3H,(H,5,6,7);. The van der Waals surface area contributed by atoms with Crippen molar-refractivity contribution in [1.29, 1.82) is 0 Å². The van der Waals surface area contributed by atoms with Gasteiger partial charge in [0.15, 0.2) is 4.77 Å². The molecule has 0 saturated carbocycles. The maximum atomic E-state index is 4.65. The number of aromatic amines is 1. The minimum absolute atomic E-state index is 0. The van der Waals surface area contributed by atoms with Gasteiger partial charge in [-0.15, -0.1) is 0 Å². The van der Waals surface area contributed by atoms with E-state index in [2.05, 4.69) is 22.2 Å². The molecule has 0 amide bonds. The molecule has 47 valence electrons. The van der Waals surface area contributed by atoms with Crippen molar-refractivity contribution in [2.75, 3.05) is 0 Å². The molecule has 0 aliphatic carbocycles. The molecule has 4 heteroatoms. The van der Waals surface area contributed by atoms with Crippen molar-refractivity contribution in [1.82, 2.24) is 9.97 Å². The summed E-state index contributed by atoms with van der Waals surface area (Å²) in [5.41, 5.74) is 0. The Balaban J connectivity index is 0.000000490. The molecule has 0 bridgehead atoms. The Morgan fingerprint density at radius 3 is 2.62 bits per heavy atom. The van der Waals surface area contributed by atoms with Crippen LogP contribution in [0.25, 0.3) is 0 Å². The third kappa shape index (κ3) is 2.21. The van der Waals surface area contributed by atoms with Crippen molar-refractivity contribution in [3.63, 3.8) is 0 Å². The second-order valence-electron chi connectivity index (χ2n) is 1.09. The number of hydrogen-bond donors (Lipinski definition) is 1. The predicted molar refractivity (Wildman–Crippen MR) is 29.4 cm³/mol. The summed E-state index contributed by atoms with van der Waals surface area (Å²) in [6, 6.07) is 1.79. The molecule has 0 aliphatic rings. The van der Waals surface area contributed by atoms with Crippen LogP contribution in [-0.4, -0.2) is 9.97 Å². The molecule has 8 heavy (non-hydrogen) atoms. The molecule has 2 nitrogen and oxygen atoms in total. The average Bonchev–Trinajstić information content (AvgIpc) is 1.69. The van der Waals surface area contributed by atoms with Crippen LogP contribution in [0.5, 0.6) is 0 Å². The van der Waals surface area contributed by atoms with E-state index in [1.54, 1.807) is 18.5 Å². The zero-order valence-electron chi connectivity index (χ0n) is 3.89. The van der Waals surface area contributed by atoms with Gasteiger partial charge in [0, 0.05) is 29.5 Å². The van der Waals surface area contributed by atoms with Gasteiger partial charge < -0.3 is 4.98 Å². The van der Waals surface area contributed by atoms with Gasteiger partial charge in [-0.1, -0.05) is 0 Å².